The van der Waals surface area contributed by atoms with Gasteiger partial charge < -0.3 is 9.29 Å². The van der Waals surface area contributed by atoms with Crippen molar-refractivity contribution in [3.8, 4) is 0 Å². The first-order chi connectivity index (χ1) is 3.92. The molecule has 0 spiro atoms. The van der Waals surface area contributed by atoms with Gasteiger partial charge in [-0.05, 0) is 20.8 Å². The summed E-state index contributed by atoms with van der Waals surface area (Å²) in [4.78, 5) is 9.80. The summed E-state index contributed by atoms with van der Waals surface area (Å²) in [7, 11) is 0. The van der Waals surface area contributed by atoms with Crippen molar-refractivity contribution in [2.24, 2.45) is 0 Å². The first kappa shape index (κ1) is 8.62. The van der Waals surface area contributed by atoms with Crippen molar-refractivity contribution in [2.45, 2.75) is 25.5 Å². The third-order valence-corrected chi connectivity index (χ3v) is 1.09. The number of carboxylic acid groups (broad SMARTS) is 1. The molecule has 0 fully saturated rings. The van der Waals surface area contributed by atoms with Gasteiger partial charge in [-0.2, -0.15) is 0 Å². The van der Waals surface area contributed by atoms with E-state index >= 15 is 0 Å². The molecular formula is C5H10O3S. The minimum Gasteiger partial charge on any atom is -0.449 e. The molecule has 0 aliphatic rings. The third kappa shape index (κ3) is 7.62. The molecule has 0 aliphatic heterocycles. The van der Waals surface area contributed by atoms with E-state index in [1.165, 1.54) is 0 Å². The van der Waals surface area contributed by atoms with Gasteiger partial charge in [0.25, 0.3) is 0 Å². The Balaban J connectivity index is 3.39. The monoisotopic (exact) mass is 150 g/mol. The van der Waals surface area contributed by atoms with Gasteiger partial charge in [-0.15, -0.1) is 0 Å². The molecule has 0 amide bonds. The van der Waals surface area contributed by atoms with Gasteiger partial charge in [-0.3, -0.25) is 0 Å². The zero-order valence-electron chi connectivity index (χ0n) is 5.67. The lowest BCUT2D eigenvalue weighted by Gasteiger charge is -2.13. The summed E-state index contributed by atoms with van der Waals surface area (Å²) in [6, 6.07) is 0. The van der Waals surface area contributed by atoms with E-state index in [1.807, 2.05) is 20.8 Å². The van der Waals surface area contributed by atoms with Crippen molar-refractivity contribution in [3.63, 3.8) is 0 Å². The average molecular weight is 150 g/mol. The highest BCUT2D eigenvalue weighted by Crippen LogP contribution is 2.23. The molecule has 0 saturated carbocycles. The van der Waals surface area contributed by atoms with Crippen LogP contribution in [0.2, 0.25) is 0 Å². The van der Waals surface area contributed by atoms with Gasteiger partial charge in [0.15, 0.2) is 0 Å². The Morgan fingerprint density at radius 1 is 1.56 bits per heavy atom. The van der Waals surface area contributed by atoms with E-state index in [2.05, 4.69) is 4.18 Å². The zero-order valence-corrected chi connectivity index (χ0v) is 6.49. The van der Waals surface area contributed by atoms with Crippen LogP contribution >= 0.6 is 12.0 Å². The lowest BCUT2D eigenvalue weighted by atomic mass is 10.3. The van der Waals surface area contributed by atoms with Gasteiger partial charge in [0, 0.05) is 4.75 Å². The Morgan fingerprint density at radius 3 is 2.11 bits per heavy atom. The van der Waals surface area contributed by atoms with Crippen LogP contribution in [-0.4, -0.2) is 16.0 Å². The third-order valence-electron chi connectivity index (χ3n) is 0.363. The second kappa shape index (κ2) is 2.96. The molecule has 0 aromatic rings. The van der Waals surface area contributed by atoms with Gasteiger partial charge >= 0.3 is 6.16 Å². The second-order valence-electron chi connectivity index (χ2n) is 2.54. The highest BCUT2D eigenvalue weighted by molar-refractivity contribution is 7.96. The fraction of sp³-hybridized carbons (Fsp3) is 0.800. The molecule has 9 heavy (non-hydrogen) atoms. The van der Waals surface area contributed by atoms with Crippen LogP contribution in [0, 0.1) is 0 Å². The SMILES string of the molecule is CC(C)(C)SOC(=O)O. The van der Waals surface area contributed by atoms with Crippen LogP contribution in [0.15, 0.2) is 0 Å². The Hall–Kier alpha value is -0.380. The molecule has 0 bridgehead atoms. The maximum atomic E-state index is 9.80. The molecule has 0 aliphatic carbocycles. The van der Waals surface area contributed by atoms with E-state index in [1.54, 1.807) is 0 Å². The van der Waals surface area contributed by atoms with Crippen molar-refractivity contribution in [1.82, 2.24) is 0 Å². The van der Waals surface area contributed by atoms with E-state index in [-0.39, 0.29) is 4.75 Å². The maximum absolute atomic E-state index is 9.80. The second-order valence-corrected chi connectivity index (χ2v) is 4.10. The molecule has 0 heterocycles. The molecule has 0 unspecified atom stereocenters. The summed E-state index contributed by atoms with van der Waals surface area (Å²) >= 11 is 0.942. The van der Waals surface area contributed by atoms with Gasteiger partial charge in [0.1, 0.15) is 0 Å². The van der Waals surface area contributed by atoms with Crippen molar-refractivity contribution in [3.05, 3.63) is 0 Å². The average Bonchev–Trinajstić information content (AvgIpc) is 1.59. The van der Waals surface area contributed by atoms with E-state index in [4.69, 9.17) is 5.11 Å². The topological polar surface area (TPSA) is 46.5 Å². The van der Waals surface area contributed by atoms with Crippen LogP contribution in [0.4, 0.5) is 4.79 Å². The highest BCUT2D eigenvalue weighted by atomic mass is 32.2. The van der Waals surface area contributed by atoms with Gasteiger partial charge in [-0.25, -0.2) is 4.79 Å². The Morgan fingerprint density at radius 2 is 2.00 bits per heavy atom. The predicted molar refractivity (Wildman–Crippen MR) is 36.5 cm³/mol. The normalized spacial score (nSPS) is 11.0. The minimum absolute atomic E-state index is 0.154. The van der Waals surface area contributed by atoms with Crippen LogP contribution in [-0.2, 0) is 4.18 Å². The molecule has 0 aromatic heterocycles. The lowest BCUT2D eigenvalue weighted by Crippen LogP contribution is -2.09. The van der Waals surface area contributed by atoms with E-state index < -0.39 is 6.16 Å². The Bertz CT molecular complexity index is 105. The summed E-state index contributed by atoms with van der Waals surface area (Å²) in [5.74, 6) is 0. The molecule has 0 aromatic carbocycles. The Labute approximate surface area is 58.6 Å². The minimum atomic E-state index is -1.24. The van der Waals surface area contributed by atoms with Crippen molar-refractivity contribution in [2.75, 3.05) is 0 Å². The fourth-order valence-electron chi connectivity index (χ4n) is 0.161. The molecule has 0 rings (SSSR count). The lowest BCUT2D eigenvalue weighted by molar-refractivity contribution is 0.152. The molecule has 3 nitrogen and oxygen atoms in total. The van der Waals surface area contributed by atoms with Gasteiger partial charge in [0.2, 0.25) is 0 Å². The van der Waals surface area contributed by atoms with Crippen molar-refractivity contribution >= 4 is 18.2 Å². The molecule has 0 radical (unpaired) electrons. The predicted octanol–water partition coefficient (Wildman–Crippen LogP) is 2.13. The summed E-state index contributed by atoms with van der Waals surface area (Å²) in [6.45, 7) is 5.63. The van der Waals surface area contributed by atoms with Crippen LogP contribution in [0.1, 0.15) is 20.8 Å². The van der Waals surface area contributed by atoms with Crippen molar-refractivity contribution in [1.29, 1.82) is 0 Å². The standard InChI is InChI=1S/C5H10O3S/c1-5(2,3)9-8-4(6)7/h1-3H3,(H,6,7). The number of rotatable bonds is 1. The van der Waals surface area contributed by atoms with E-state index in [9.17, 15) is 4.79 Å². The smallest absolute Gasteiger partial charge is 0.449 e. The fourth-order valence-corrected chi connectivity index (χ4v) is 0.482. The van der Waals surface area contributed by atoms with Crippen LogP contribution < -0.4 is 0 Å². The molecule has 0 saturated heterocycles. The van der Waals surface area contributed by atoms with Crippen molar-refractivity contribution < 1.29 is 14.1 Å². The van der Waals surface area contributed by atoms with Crippen LogP contribution in [0.25, 0.3) is 0 Å². The first-order valence-corrected chi connectivity index (χ1v) is 3.24. The van der Waals surface area contributed by atoms with E-state index in [0.717, 1.165) is 12.0 Å². The summed E-state index contributed by atoms with van der Waals surface area (Å²) in [5, 5.41) is 8.03. The molecular weight excluding hydrogens is 140 g/mol. The Kier molecular flexibility index (Phi) is 2.84. The maximum Gasteiger partial charge on any atom is 0.518 e. The summed E-state index contributed by atoms with van der Waals surface area (Å²) in [5.41, 5.74) is 0. The molecule has 0 atom stereocenters. The summed E-state index contributed by atoms with van der Waals surface area (Å²) < 4.78 is 4.09. The zero-order chi connectivity index (χ0) is 7.49. The first-order valence-electron chi connectivity index (χ1n) is 2.50. The molecule has 54 valence electrons. The van der Waals surface area contributed by atoms with Crippen LogP contribution in [0.3, 0.4) is 0 Å². The summed E-state index contributed by atoms with van der Waals surface area (Å²) in [6.07, 6.45) is -1.24. The number of hydrogen-bond donors (Lipinski definition) is 1. The van der Waals surface area contributed by atoms with E-state index in [0.29, 0.717) is 0 Å². The number of hydrogen-bond acceptors (Lipinski definition) is 3. The quantitative estimate of drug-likeness (QED) is 0.581. The largest absolute Gasteiger partial charge is 0.518 e. The van der Waals surface area contributed by atoms with Gasteiger partial charge in [-0.1, -0.05) is 0 Å². The molecule has 1 N–H and O–H groups in total. The van der Waals surface area contributed by atoms with Crippen LogP contribution in [0.5, 0.6) is 0 Å². The highest BCUT2D eigenvalue weighted by Gasteiger charge is 2.14. The number of carbonyl (C=O) groups is 1. The van der Waals surface area contributed by atoms with Gasteiger partial charge in [0.05, 0.1) is 12.0 Å². The molecule has 4 heteroatoms.